The predicted octanol–water partition coefficient (Wildman–Crippen LogP) is -0.480. The molecule has 0 aromatic heterocycles. The summed E-state index contributed by atoms with van der Waals surface area (Å²) in [6.07, 6.45) is 0. The SMILES string of the molecule is [Co+2].[Mo].[O-2].[O-2].[O-2].[O-2]. The first-order valence-electron chi connectivity index (χ1n) is 0. The maximum absolute atomic E-state index is 0. The Morgan fingerprint density at radius 3 is 0.500 bits per heavy atom. The quantitative estimate of drug-likeness (QED) is 0.489. The molecule has 0 heterocycles. The van der Waals surface area contributed by atoms with E-state index in [9.17, 15) is 0 Å². The molecule has 6 heteroatoms. The van der Waals surface area contributed by atoms with Gasteiger partial charge in [-0.25, -0.2) is 0 Å². The topological polar surface area (TPSA) is 114 Å². The molecule has 1 radical (unpaired) electrons. The Bertz CT molecular complexity index is 7.51. The maximum Gasteiger partial charge on any atom is 2.00 e. The predicted molar refractivity (Wildman–Crippen MR) is 2.75 cm³/mol. The standard InChI is InChI=1S/Co.Mo.4O/q+2;;4*-2. The van der Waals surface area contributed by atoms with E-state index in [0.29, 0.717) is 0 Å². The van der Waals surface area contributed by atoms with Crippen LogP contribution in [0.3, 0.4) is 0 Å². The zero-order valence-corrected chi connectivity index (χ0v) is 5.42. The summed E-state index contributed by atoms with van der Waals surface area (Å²) in [5.74, 6) is 0. The van der Waals surface area contributed by atoms with E-state index in [-0.39, 0.29) is 59.7 Å². The van der Waals surface area contributed by atoms with Crippen LogP contribution in [0, 0.1) is 0 Å². The van der Waals surface area contributed by atoms with Crippen molar-refractivity contribution in [2.45, 2.75) is 0 Å². The van der Waals surface area contributed by atoms with Gasteiger partial charge in [0, 0.05) is 21.1 Å². The molecule has 0 amide bonds. The number of hydrogen-bond donors (Lipinski definition) is 0. The number of hydrogen-bond acceptors (Lipinski definition) is 0. The van der Waals surface area contributed by atoms with Gasteiger partial charge in [-0.05, 0) is 0 Å². The van der Waals surface area contributed by atoms with Crippen molar-refractivity contribution in [3.05, 3.63) is 0 Å². The second-order valence-corrected chi connectivity index (χ2v) is 0. The van der Waals surface area contributed by atoms with Crippen molar-refractivity contribution >= 4 is 0 Å². The Morgan fingerprint density at radius 1 is 0.500 bits per heavy atom. The average molecular weight is 219 g/mol. The van der Waals surface area contributed by atoms with Gasteiger partial charge in [0.1, 0.15) is 0 Å². The third-order valence-corrected chi connectivity index (χ3v) is 0. The Kier molecular flexibility index (Phi) is 5700. The molecule has 0 fully saturated rings. The van der Waals surface area contributed by atoms with Crippen molar-refractivity contribution in [3.8, 4) is 0 Å². The molecular formula is CoMoO4-6. The van der Waals surface area contributed by atoms with Crippen LogP contribution in [-0.4, -0.2) is 0 Å². The third kappa shape index (κ3) is 76.5. The summed E-state index contributed by atoms with van der Waals surface area (Å²) in [7, 11) is 0. The molecule has 45 valence electrons. The molecule has 0 rings (SSSR count). The first-order chi connectivity index (χ1) is 0. The van der Waals surface area contributed by atoms with Gasteiger partial charge >= 0.3 is 16.8 Å². The summed E-state index contributed by atoms with van der Waals surface area (Å²) in [6, 6.07) is 0. The van der Waals surface area contributed by atoms with E-state index < -0.39 is 0 Å². The fourth-order valence-electron chi connectivity index (χ4n) is 0. The van der Waals surface area contributed by atoms with Crippen LogP contribution >= 0.6 is 0 Å². The van der Waals surface area contributed by atoms with Crippen LogP contribution in [0.25, 0.3) is 0 Å². The van der Waals surface area contributed by atoms with E-state index in [0.717, 1.165) is 0 Å². The van der Waals surface area contributed by atoms with Crippen molar-refractivity contribution in [2.75, 3.05) is 0 Å². The Hall–Kier alpha value is 1.03. The Morgan fingerprint density at radius 2 is 0.500 bits per heavy atom. The van der Waals surface area contributed by atoms with Gasteiger partial charge in [0.05, 0.1) is 0 Å². The van der Waals surface area contributed by atoms with E-state index in [4.69, 9.17) is 0 Å². The zero-order valence-electron chi connectivity index (χ0n) is 2.37. The van der Waals surface area contributed by atoms with E-state index >= 15 is 0 Å². The average Bonchev–Trinajstić information content (AvgIpc) is 0. The molecule has 0 unspecified atom stereocenters. The normalized spacial score (nSPS) is 0. The van der Waals surface area contributed by atoms with Gasteiger partial charge in [0.2, 0.25) is 0 Å². The van der Waals surface area contributed by atoms with Crippen LogP contribution in [0.4, 0.5) is 0 Å². The maximum atomic E-state index is 0. The summed E-state index contributed by atoms with van der Waals surface area (Å²) >= 11 is 0. The first-order valence-corrected chi connectivity index (χ1v) is 0. The fraction of sp³-hybridized carbons (Fsp3) is 0. The van der Waals surface area contributed by atoms with Crippen molar-refractivity contribution < 1.29 is 59.7 Å². The molecule has 0 bridgehead atoms. The first kappa shape index (κ1) is 239. The van der Waals surface area contributed by atoms with Gasteiger partial charge in [-0.15, -0.1) is 0 Å². The van der Waals surface area contributed by atoms with E-state index in [2.05, 4.69) is 0 Å². The monoisotopic (exact) mass is 221 g/mol. The Labute approximate surface area is 60.0 Å². The molecule has 0 aromatic carbocycles. The molecular weight excluding hydrogens is 219 g/mol. The molecule has 0 aliphatic carbocycles. The number of rotatable bonds is 0. The van der Waals surface area contributed by atoms with Gasteiger partial charge in [0.15, 0.2) is 0 Å². The van der Waals surface area contributed by atoms with E-state index in [1.54, 1.807) is 0 Å². The van der Waals surface area contributed by atoms with Gasteiger partial charge < -0.3 is 21.9 Å². The molecule has 0 aliphatic rings. The van der Waals surface area contributed by atoms with Crippen molar-refractivity contribution in [3.63, 3.8) is 0 Å². The molecule has 0 aliphatic heterocycles. The molecule has 0 N–H and O–H groups in total. The van der Waals surface area contributed by atoms with E-state index in [1.807, 2.05) is 0 Å². The molecule has 6 heavy (non-hydrogen) atoms. The Balaban J connectivity index is 0. The van der Waals surface area contributed by atoms with Crippen LogP contribution in [0.15, 0.2) is 0 Å². The van der Waals surface area contributed by atoms with Gasteiger partial charge in [-0.3, -0.25) is 0 Å². The summed E-state index contributed by atoms with van der Waals surface area (Å²) in [4.78, 5) is 0. The van der Waals surface area contributed by atoms with E-state index in [1.165, 1.54) is 0 Å². The van der Waals surface area contributed by atoms with Crippen LogP contribution < -0.4 is 0 Å². The molecule has 4 nitrogen and oxygen atoms in total. The minimum atomic E-state index is 0. The van der Waals surface area contributed by atoms with Crippen molar-refractivity contribution in [1.82, 2.24) is 0 Å². The second-order valence-electron chi connectivity index (χ2n) is 0. The summed E-state index contributed by atoms with van der Waals surface area (Å²) in [5.41, 5.74) is 0. The van der Waals surface area contributed by atoms with Gasteiger partial charge in [0.25, 0.3) is 0 Å². The smallest absolute Gasteiger partial charge is 2.00 e. The largest absolute Gasteiger partial charge is 2.00 e. The third-order valence-electron chi connectivity index (χ3n) is 0. The van der Waals surface area contributed by atoms with Gasteiger partial charge in [-0.2, -0.15) is 0 Å². The fourth-order valence-corrected chi connectivity index (χ4v) is 0. The van der Waals surface area contributed by atoms with Crippen LogP contribution in [0.1, 0.15) is 0 Å². The second kappa shape index (κ2) is 143. The van der Waals surface area contributed by atoms with Crippen LogP contribution in [-0.2, 0) is 59.7 Å². The molecule has 0 saturated heterocycles. The molecule has 0 aromatic rings. The van der Waals surface area contributed by atoms with Crippen LogP contribution in [0.2, 0.25) is 0 Å². The van der Waals surface area contributed by atoms with Crippen molar-refractivity contribution in [1.29, 1.82) is 0 Å². The van der Waals surface area contributed by atoms with Crippen LogP contribution in [0.5, 0.6) is 0 Å². The molecule has 0 atom stereocenters. The summed E-state index contributed by atoms with van der Waals surface area (Å²) < 4.78 is 0. The van der Waals surface area contributed by atoms with Gasteiger partial charge in [-0.1, -0.05) is 0 Å². The summed E-state index contributed by atoms with van der Waals surface area (Å²) in [5, 5.41) is 0. The minimum absolute atomic E-state index is 0. The molecule has 0 spiro atoms. The minimum Gasteiger partial charge on any atom is -2.00 e. The van der Waals surface area contributed by atoms with Crippen molar-refractivity contribution in [2.24, 2.45) is 0 Å². The zero-order chi connectivity index (χ0) is 0. The summed E-state index contributed by atoms with van der Waals surface area (Å²) in [6.45, 7) is 0. The molecule has 0 saturated carbocycles.